The molecule has 3 aromatic carbocycles. The lowest BCUT2D eigenvalue weighted by Crippen LogP contribution is -2.27. The van der Waals surface area contributed by atoms with Crippen molar-refractivity contribution in [1.29, 1.82) is 0 Å². The fourth-order valence-corrected chi connectivity index (χ4v) is 4.66. The molecule has 34 heavy (non-hydrogen) atoms. The third-order valence-electron chi connectivity index (χ3n) is 5.07. The number of esters is 1. The highest BCUT2D eigenvalue weighted by Crippen LogP contribution is 2.37. The van der Waals surface area contributed by atoms with E-state index in [0.29, 0.717) is 37.5 Å². The number of benzene rings is 3. The third kappa shape index (κ3) is 4.98. The van der Waals surface area contributed by atoms with Gasteiger partial charge in [0.25, 0.3) is 5.91 Å². The van der Waals surface area contributed by atoms with Gasteiger partial charge in [-0.25, -0.2) is 4.79 Å². The number of methoxy groups -OCH3 is 2. The molecule has 1 aliphatic rings. The van der Waals surface area contributed by atoms with Crippen LogP contribution in [0.15, 0.2) is 71.6 Å². The number of ether oxygens (including phenoxy) is 3. The van der Waals surface area contributed by atoms with Gasteiger partial charge in [-0.05, 0) is 67.1 Å². The Labute approximate surface area is 207 Å². The van der Waals surface area contributed by atoms with E-state index in [1.165, 1.54) is 23.8 Å². The van der Waals surface area contributed by atoms with Crippen molar-refractivity contribution in [2.45, 2.75) is 6.92 Å². The summed E-state index contributed by atoms with van der Waals surface area (Å²) in [6.07, 6.45) is 1.73. The van der Waals surface area contributed by atoms with E-state index in [1.807, 2.05) is 13.0 Å². The number of amides is 1. The molecule has 1 saturated heterocycles. The van der Waals surface area contributed by atoms with Crippen molar-refractivity contribution < 1.29 is 23.8 Å². The predicted molar refractivity (Wildman–Crippen MR) is 138 cm³/mol. The first-order valence-corrected chi connectivity index (χ1v) is 11.5. The Morgan fingerprint density at radius 1 is 0.971 bits per heavy atom. The van der Waals surface area contributed by atoms with Crippen LogP contribution in [-0.2, 0) is 4.79 Å². The first-order chi connectivity index (χ1) is 16.4. The summed E-state index contributed by atoms with van der Waals surface area (Å²) in [6.45, 7) is 1.91. The number of hydrogen-bond donors (Lipinski definition) is 0. The normalized spacial score (nSPS) is 14.4. The molecule has 0 unspecified atom stereocenters. The molecule has 8 heteroatoms. The van der Waals surface area contributed by atoms with E-state index in [0.717, 1.165) is 5.56 Å². The molecule has 1 aliphatic heterocycles. The average molecular weight is 492 g/mol. The monoisotopic (exact) mass is 491 g/mol. The van der Waals surface area contributed by atoms with Crippen LogP contribution in [0, 0.1) is 6.92 Å². The van der Waals surface area contributed by atoms with Crippen LogP contribution in [0.1, 0.15) is 21.5 Å². The first-order valence-electron chi connectivity index (χ1n) is 10.3. The van der Waals surface area contributed by atoms with Gasteiger partial charge in [0.2, 0.25) is 0 Å². The fraction of sp³-hybridized carbons (Fsp3) is 0.115. The summed E-state index contributed by atoms with van der Waals surface area (Å²) in [7, 11) is 3.08. The molecule has 0 aromatic heterocycles. The fourth-order valence-electron chi connectivity index (χ4n) is 3.36. The zero-order valence-corrected chi connectivity index (χ0v) is 20.4. The molecule has 6 nitrogen and oxygen atoms in total. The Morgan fingerprint density at radius 2 is 1.74 bits per heavy atom. The second kappa shape index (κ2) is 10.1. The Bertz CT molecular complexity index is 1300. The smallest absolute Gasteiger partial charge is 0.343 e. The molecule has 1 amide bonds. The molecule has 172 valence electrons. The van der Waals surface area contributed by atoms with Crippen LogP contribution in [0.25, 0.3) is 6.08 Å². The first kappa shape index (κ1) is 23.5. The Morgan fingerprint density at radius 3 is 2.41 bits per heavy atom. The Kier molecular flexibility index (Phi) is 7.00. The number of anilines is 1. The van der Waals surface area contributed by atoms with Crippen LogP contribution >= 0.6 is 24.0 Å². The van der Waals surface area contributed by atoms with Gasteiger partial charge in [0.15, 0.2) is 15.8 Å². The van der Waals surface area contributed by atoms with Gasteiger partial charge in [-0.2, -0.15) is 0 Å². The minimum absolute atomic E-state index is 0.214. The summed E-state index contributed by atoms with van der Waals surface area (Å²) >= 11 is 6.66. The maximum atomic E-state index is 13.0. The highest BCUT2D eigenvalue weighted by Gasteiger charge is 2.33. The largest absolute Gasteiger partial charge is 0.497 e. The average Bonchev–Trinajstić information content (AvgIpc) is 3.12. The van der Waals surface area contributed by atoms with Crippen LogP contribution in [0.4, 0.5) is 5.69 Å². The molecule has 1 fully saturated rings. The number of carbonyl (C=O) groups excluding carboxylic acids is 2. The molecule has 1 heterocycles. The summed E-state index contributed by atoms with van der Waals surface area (Å²) in [4.78, 5) is 27.5. The van der Waals surface area contributed by atoms with Crippen molar-refractivity contribution in [1.82, 2.24) is 0 Å². The summed E-state index contributed by atoms with van der Waals surface area (Å²) in [5, 5.41) is 0. The quantitative estimate of drug-likeness (QED) is 0.191. The number of thioether (sulfide) groups is 1. The Hall–Kier alpha value is -3.62. The van der Waals surface area contributed by atoms with Crippen LogP contribution in [0.5, 0.6) is 17.2 Å². The van der Waals surface area contributed by atoms with Gasteiger partial charge >= 0.3 is 5.97 Å². The topological polar surface area (TPSA) is 65.1 Å². The van der Waals surface area contributed by atoms with Gasteiger partial charge in [-0.3, -0.25) is 9.69 Å². The molecule has 0 aliphatic carbocycles. The molecular weight excluding hydrogens is 470 g/mol. The molecule has 0 bridgehead atoms. The maximum absolute atomic E-state index is 13.0. The minimum atomic E-state index is -0.477. The van der Waals surface area contributed by atoms with Crippen molar-refractivity contribution in [3.63, 3.8) is 0 Å². The van der Waals surface area contributed by atoms with E-state index in [-0.39, 0.29) is 11.7 Å². The lowest BCUT2D eigenvalue weighted by atomic mass is 10.1. The van der Waals surface area contributed by atoms with Crippen molar-refractivity contribution >= 4 is 51.9 Å². The molecule has 0 saturated carbocycles. The SMILES string of the molecule is COc1ccc(N2C(=O)/C(=C\c3ccc(OC(=O)c4cccc(C)c4)c(OC)c3)SC2=S)cc1. The summed E-state index contributed by atoms with van der Waals surface area (Å²) in [6, 6.07) is 19.4. The molecule has 0 atom stereocenters. The molecule has 0 radical (unpaired) electrons. The van der Waals surface area contributed by atoms with E-state index in [1.54, 1.807) is 73.8 Å². The van der Waals surface area contributed by atoms with Crippen LogP contribution in [-0.4, -0.2) is 30.4 Å². The minimum Gasteiger partial charge on any atom is -0.497 e. The van der Waals surface area contributed by atoms with E-state index in [9.17, 15) is 9.59 Å². The van der Waals surface area contributed by atoms with Crippen molar-refractivity contribution in [2.24, 2.45) is 0 Å². The zero-order valence-electron chi connectivity index (χ0n) is 18.7. The predicted octanol–water partition coefficient (Wildman–Crippen LogP) is 5.64. The van der Waals surface area contributed by atoms with Crippen molar-refractivity contribution in [3.05, 3.63) is 88.3 Å². The highest BCUT2D eigenvalue weighted by molar-refractivity contribution is 8.27. The molecular formula is C26H21NO5S2. The van der Waals surface area contributed by atoms with Crippen LogP contribution < -0.4 is 19.1 Å². The van der Waals surface area contributed by atoms with E-state index in [4.69, 9.17) is 26.4 Å². The zero-order chi connectivity index (χ0) is 24.2. The standard InChI is InChI=1S/C26H21NO5S2/c1-16-5-4-6-18(13-16)25(29)32-21-12-7-17(14-22(21)31-3)15-23-24(28)27(26(33)34-23)19-8-10-20(30-2)11-9-19/h4-15H,1-3H3/b23-15+. The van der Waals surface area contributed by atoms with Gasteiger partial charge in [0, 0.05) is 0 Å². The van der Waals surface area contributed by atoms with Crippen LogP contribution in [0.2, 0.25) is 0 Å². The number of aryl methyl sites for hydroxylation is 1. The second-order valence-electron chi connectivity index (χ2n) is 7.38. The number of rotatable bonds is 6. The summed E-state index contributed by atoms with van der Waals surface area (Å²) in [5.41, 5.74) is 2.79. The van der Waals surface area contributed by atoms with Crippen molar-refractivity contribution in [3.8, 4) is 17.2 Å². The van der Waals surface area contributed by atoms with Gasteiger partial charge in [-0.1, -0.05) is 47.7 Å². The maximum Gasteiger partial charge on any atom is 0.343 e. The van der Waals surface area contributed by atoms with E-state index < -0.39 is 5.97 Å². The molecule has 4 rings (SSSR count). The second-order valence-corrected chi connectivity index (χ2v) is 9.06. The highest BCUT2D eigenvalue weighted by atomic mass is 32.2. The van der Waals surface area contributed by atoms with Crippen molar-refractivity contribution in [2.75, 3.05) is 19.1 Å². The van der Waals surface area contributed by atoms with Gasteiger partial charge < -0.3 is 14.2 Å². The van der Waals surface area contributed by atoms with Gasteiger partial charge in [0.1, 0.15) is 5.75 Å². The lowest BCUT2D eigenvalue weighted by molar-refractivity contribution is -0.113. The number of hydrogen-bond acceptors (Lipinski definition) is 7. The lowest BCUT2D eigenvalue weighted by Gasteiger charge is -2.14. The Balaban J connectivity index is 1.55. The molecule has 0 N–H and O–H groups in total. The van der Waals surface area contributed by atoms with Crippen LogP contribution in [0.3, 0.4) is 0 Å². The third-order valence-corrected chi connectivity index (χ3v) is 6.37. The number of nitrogens with zero attached hydrogens (tertiary/aromatic N) is 1. The summed E-state index contributed by atoms with van der Waals surface area (Å²) in [5.74, 6) is 0.668. The number of carbonyl (C=O) groups is 2. The van der Waals surface area contributed by atoms with Gasteiger partial charge in [0.05, 0.1) is 30.4 Å². The molecule has 3 aromatic rings. The molecule has 0 spiro atoms. The summed E-state index contributed by atoms with van der Waals surface area (Å²) < 4.78 is 16.6. The number of thiocarbonyl (C=S) groups is 1. The van der Waals surface area contributed by atoms with Gasteiger partial charge in [-0.15, -0.1) is 0 Å². The van der Waals surface area contributed by atoms with E-state index in [2.05, 4.69) is 0 Å². The van der Waals surface area contributed by atoms with E-state index >= 15 is 0 Å².